The molecule has 2 radical (unpaired) electrons. The molecule has 0 saturated heterocycles. The quantitative estimate of drug-likeness (QED) is 0.404. The molecule has 0 unspecified atom stereocenters. The predicted molar refractivity (Wildman–Crippen MR) is 54.7 cm³/mol. The number of carboxylic acids is 1. The van der Waals surface area contributed by atoms with Gasteiger partial charge in [-0.1, -0.05) is 25.2 Å². The van der Waals surface area contributed by atoms with E-state index in [1.54, 1.807) is 6.08 Å². The zero-order chi connectivity index (χ0) is 10.4. The van der Waals surface area contributed by atoms with Crippen LogP contribution in [0.25, 0.3) is 0 Å². The Balaban J connectivity index is 4.45. The van der Waals surface area contributed by atoms with E-state index in [1.165, 1.54) is 6.08 Å². The maximum Gasteiger partial charge on any atom is 0.335 e. The Bertz CT molecular complexity index is 275. The smallest absolute Gasteiger partial charge is 0.335 e. The third kappa shape index (κ3) is 4.36. The molecule has 0 atom stereocenters. The van der Waals surface area contributed by atoms with Gasteiger partial charge in [-0.2, -0.15) is 0 Å². The van der Waals surface area contributed by atoms with E-state index in [4.69, 9.17) is 13.0 Å². The van der Waals surface area contributed by atoms with Crippen molar-refractivity contribution >= 4 is 13.8 Å². The molecule has 0 spiro atoms. The molecule has 0 bridgehead atoms. The molecule has 2 nitrogen and oxygen atoms in total. The van der Waals surface area contributed by atoms with E-state index < -0.39 is 5.97 Å². The van der Waals surface area contributed by atoms with E-state index in [-0.39, 0.29) is 5.57 Å². The van der Waals surface area contributed by atoms with E-state index >= 15 is 0 Å². The van der Waals surface area contributed by atoms with Crippen molar-refractivity contribution < 1.29 is 9.90 Å². The highest BCUT2D eigenvalue weighted by atomic mass is 16.4. The highest BCUT2D eigenvalue weighted by Crippen LogP contribution is 2.06. The molecule has 13 heavy (non-hydrogen) atoms. The molecule has 0 rings (SSSR count). The SMILES string of the molecule is [B]/C(CC)=C(C)/C=C\C(=C)C(=O)O. The second kappa shape index (κ2) is 5.41. The minimum Gasteiger partial charge on any atom is -0.478 e. The number of hydrogen-bond acceptors (Lipinski definition) is 1. The number of allylic oxidation sites excluding steroid dienone is 3. The summed E-state index contributed by atoms with van der Waals surface area (Å²) in [6.07, 6.45) is 3.87. The molecule has 1 N–H and O–H groups in total. The van der Waals surface area contributed by atoms with Gasteiger partial charge < -0.3 is 5.11 Å². The first kappa shape index (κ1) is 11.8. The van der Waals surface area contributed by atoms with E-state index in [0.29, 0.717) is 0 Å². The first-order chi connectivity index (χ1) is 5.99. The third-order valence-corrected chi connectivity index (χ3v) is 1.70. The fourth-order valence-electron chi connectivity index (χ4n) is 0.683. The molecular weight excluding hydrogens is 163 g/mol. The Morgan fingerprint density at radius 1 is 1.54 bits per heavy atom. The lowest BCUT2D eigenvalue weighted by atomic mass is 9.88. The lowest BCUT2D eigenvalue weighted by Gasteiger charge is -1.99. The highest BCUT2D eigenvalue weighted by molar-refractivity contribution is 6.22. The molecule has 0 saturated carbocycles. The summed E-state index contributed by atoms with van der Waals surface area (Å²) in [5, 5.41) is 8.49. The van der Waals surface area contributed by atoms with Gasteiger partial charge in [-0.05, 0) is 19.4 Å². The summed E-state index contributed by atoms with van der Waals surface area (Å²) in [4.78, 5) is 10.4. The van der Waals surface area contributed by atoms with Crippen LogP contribution >= 0.6 is 0 Å². The van der Waals surface area contributed by atoms with Gasteiger partial charge in [0.1, 0.15) is 7.85 Å². The minimum atomic E-state index is -1.01. The molecular formula is C10H13BO2. The van der Waals surface area contributed by atoms with Crippen molar-refractivity contribution in [1.29, 1.82) is 0 Å². The number of rotatable bonds is 4. The summed E-state index contributed by atoms with van der Waals surface area (Å²) in [5.74, 6) is -1.01. The van der Waals surface area contributed by atoms with Crippen LogP contribution in [0.4, 0.5) is 0 Å². The van der Waals surface area contributed by atoms with Gasteiger partial charge in [0.2, 0.25) is 0 Å². The first-order valence-corrected chi connectivity index (χ1v) is 4.04. The Labute approximate surface area is 80.1 Å². The van der Waals surface area contributed by atoms with Gasteiger partial charge in [0.25, 0.3) is 0 Å². The van der Waals surface area contributed by atoms with Gasteiger partial charge in [-0.15, -0.1) is 5.47 Å². The van der Waals surface area contributed by atoms with Crippen molar-refractivity contribution in [3.63, 3.8) is 0 Å². The van der Waals surface area contributed by atoms with Gasteiger partial charge >= 0.3 is 5.97 Å². The fourth-order valence-corrected chi connectivity index (χ4v) is 0.683. The predicted octanol–water partition coefficient (Wildman–Crippen LogP) is 2.04. The number of aliphatic carboxylic acids is 1. The maximum absolute atomic E-state index is 10.4. The van der Waals surface area contributed by atoms with Crippen molar-refractivity contribution in [2.75, 3.05) is 0 Å². The Morgan fingerprint density at radius 2 is 2.08 bits per heavy atom. The molecule has 0 aromatic carbocycles. The van der Waals surface area contributed by atoms with Crippen molar-refractivity contribution in [2.24, 2.45) is 0 Å². The van der Waals surface area contributed by atoms with Gasteiger partial charge in [0.15, 0.2) is 0 Å². The van der Waals surface area contributed by atoms with Crippen LogP contribution in [0.2, 0.25) is 0 Å². The minimum absolute atomic E-state index is 0.0586. The maximum atomic E-state index is 10.4. The molecule has 0 heterocycles. The fraction of sp³-hybridized carbons (Fsp3) is 0.300. The van der Waals surface area contributed by atoms with Gasteiger partial charge in [-0.3, -0.25) is 0 Å². The lowest BCUT2D eigenvalue weighted by molar-refractivity contribution is -0.132. The van der Waals surface area contributed by atoms with Crippen molar-refractivity contribution in [2.45, 2.75) is 20.3 Å². The van der Waals surface area contributed by atoms with Crippen LogP contribution < -0.4 is 0 Å². The number of hydrogen-bond donors (Lipinski definition) is 1. The molecule has 3 heteroatoms. The first-order valence-electron chi connectivity index (χ1n) is 4.04. The van der Waals surface area contributed by atoms with Crippen LogP contribution in [0.1, 0.15) is 20.3 Å². The zero-order valence-corrected chi connectivity index (χ0v) is 8.00. The Kier molecular flexibility index (Phi) is 4.89. The molecule has 68 valence electrons. The standard InChI is InChI=1S/C10H13BO2/c1-4-9(11)7(2)5-6-8(3)10(12)13/h5-6H,3-4H2,1-2H3,(H,12,13)/b6-5-,9-7+. The summed E-state index contributed by atoms with van der Waals surface area (Å²) >= 11 is 0. The van der Waals surface area contributed by atoms with Crippen molar-refractivity contribution in [3.05, 3.63) is 35.3 Å². The second-order valence-electron chi connectivity index (χ2n) is 2.73. The highest BCUT2D eigenvalue weighted by Gasteiger charge is 1.97. The largest absolute Gasteiger partial charge is 0.478 e. The van der Waals surface area contributed by atoms with E-state index in [2.05, 4.69) is 6.58 Å². The molecule has 0 aromatic rings. The molecule has 0 amide bonds. The van der Waals surface area contributed by atoms with Crippen molar-refractivity contribution in [1.82, 2.24) is 0 Å². The summed E-state index contributed by atoms with van der Waals surface area (Å²) in [6.45, 7) is 7.14. The Morgan fingerprint density at radius 3 is 2.46 bits per heavy atom. The third-order valence-electron chi connectivity index (χ3n) is 1.70. The number of carboxylic acid groups (broad SMARTS) is 1. The van der Waals surface area contributed by atoms with Crippen LogP contribution in [-0.2, 0) is 4.79 Å². The van der Waals surface area contributed by atoms with E-state index in [1.807, 2.05) is 13.8 Å². The van der Waals surface area contributed by atoms with Crippen molar-refractivity contribution in [3.8, 4) is 0 Å². The molecule has 0 aliphatic heterocycles. The van der Waals surface area contributed by atoms with Gasteiger partial charge in [0, 0.05) is 0 Å². The second-order valence-corrected chi connectivity index (χ2v) is 2.73. The molecule has 0 aromatic heterocycles. The summed E-state index contributed by atoms with van der Waals surface area (Å²) < 4.78 is 0. The van der Waals surface area contributed by atoms with E-state index in [0.717, 1.165) is 17.5 Å². The summed E-state index contributed by atoms with van der Waals surface area (Å²) in [6, 6.07) is 0. The number of carbonyl (C=O) groups is 1. The Hall–Kier alpha value is -1.25. The van der Waals surface area contributed by atoms with Crippen LogP contribution in [0.15, 0.2) is 35.3 Å². The molecule has 0 aliphatic carbocycles. The van der Waals surface area contributed by atoms with Gasteiger partial charge in [-0.25, -0.2) is 4.79 Å². The average Bonchev–Trinajstić information content (AvgIpc) is 2.11. The normalized spacial score (nSPS) is 12.8. The van der Waals surface area contributed by atoms with E-state index in [9.17, 15) is 4.79 Å². The van der Waals surface area contributed by atoms with Crippen LogP contribution in [-0.4, -0.2) is 18.9 Å². The van der Waals surface area contributed by atoms with Crippen LogP contribution in [0.5, 0.6) is 0 Å². The van der Waals surface area contributed by atoms with Crippen LogP contribution in [0.3, 0.4) is 0 Å². The topological polar surface area (TPSA) is 37.3 Å². The monoisotopic (exact) mass is 176 g/mol. The molecule has 0 fully saturated rings. The van der Waals surface area contributed by atoms with Gasteiger partial charge in [0.05, 0.1) is 5.57 Å². The lowest BCUT2D eigenvalue weighted by Crippen LogP contribution is -1.95. The zero-order valence-electron chi connectivity index (χ0n) is 8.00. The summed E-state index contributed by atoms with van der Waals surface area (Å²) in [7, 11) is 5.63. The average molecular weight is 176 g/mol. The summed E-state index contributed by atoms with van der Waals surface area (Å²) in [5.41, 5.74) is 1.70. The van der Waals surface area contributed by atoms with Crippen LogP contribution in [0, 0.1) is 0 Å². The molecule has 0 aliphatic rings.